The molecule has 0 aliphatic carbocycles. The highest BCUT2D eigenvalue weighted by Gasteiger charge is 2.10. The number of hydrogen-bond acceptors (Lipinski definition) is 3. The molecule has 0 fully saturated rings. The molecule has 0 aromatic heterocycles. The first-order valence-corrected chi connectivity index (χ1v) is 6.78. The molecule has 1 rings (SSSR count). The number of benzene rings is 1. The fraction of sp³-hybridized carbons (Fsp3) is 0.467. The first-order chi connectivity index (χ1) is 9.40. The maximum Gasteiger partial charge on any atom is 0.248 e. The smallest absolute Gasteiger partial charge is 0.248 e. The zero-order valence-corrected chi connectivity index (χ0v) is 12.1. The molecule has 20 heavy (non-hydrogen) atoms. The average molecular weight is 277 g/mol. The van der Waals surface area contributed by atoms with Gasteiger partial charge >= 0.3 is 0 Å². The molecule has 0 aliphatic heterocycles. The molecule has 0 heterocycles. The van der Waals surface area contributed by atoms with Crippen LogP contribution in [-0.2, 0) is 11.3 Å². The predicted molar refractivity (Wildman–Crippen MR) is 78.9 cm³/mol. The Bertz CT molecular complexity index is 455. The van der Waals surface area contributed by atoms with Crippen molar-refractivity contribution in [2.45, 2.75) is 38.8 Å². The minimum Gasteiger partial charge on any atom is -0.366 e. The van der Waals surface area contributed by atoms with E-state index >= 15 is 0 Å². The van der Waals surface area contributed by atoms with Gasteiger partial charge in [-0.3, -0.25) is 9.59 Å². The fourth-order valence-electron chi connectivity index (χ4n) is 1.90. The number of nitrogens with zero attached hydrogens (tertiary/aromatic N) is 1. The maximum atomic E-state index is 11.9. The summed E-state index contributed by atoms with van der Waals surface area (Å²) < 4.78 is 0. The Labute approximate surface area is 119 Å². The SMILES string of the molecule is CC(N)CCCC(=O)N(C)Cc1ccc(C(N)=O)cc1. The third-order valence-electron chi connectivity index (χ3n) is 3.13. The third kappa shape index (κ3) is 5.40. The first kappa shape index (κ1) is 16.2. The Hall–Kier alpha value is -1.88. The molecular formula is C15H23N3O2. The molecule has 5 nitrogen and oxygen atoms in total. The monoisotopic (exact) mass is 277 g/mol. The highest BCUT2D eigenvalue weighted by atomic mass is 16.2. The van der Waals surface area contributed by atoms with E-state index in [4.69, 9.17) is 11.5 Å². The largest absolute Gasteiger partial charge is 0.366 e. The molecule has 0 saturated heterocycles. The van der Waals surface area contributed by atoms with Crippen LogP contribution >= 0.6 is 0 Å². The lowest BCUT2D eigenvalue weighted by molar-refractivity contribution is -0.130. The van der Waals surface area contributed by atoms with Gasteiger partial charge in [-0.2, -0.15) is 0 Å². The number of carbonyl (C=O) groups is 2. The van der Waals surface area contributed by atoms with Gasteiger partial charge in [0.25, 0.3) is 0 Å². The van der Waals surface area contributed by atoms with Crippen molar-refractivity contribution in [1.82, 2.24) is 4.90 Å². The highest BCUT2D eigenvalue weighted by molar-refractivity contribution is 5.92. The van der Waals surface area contributed by atoms with Crippen LogP contribution in [0, 0.1) is 0 Å². The van der Waals surface area contributed by atoms with Gasteiger partial charge in [-0.1, -0.05) is 12.1 Å². The molecule has 110 valence electrons. The van der Waals surface area contributed by atoms with Gasteiger partial charge < -0.3 is 16.4 Å². The number of amides is 2. The van der Waals surface area contributed by atoms with Crippen molar-refractivity contribution >= 4 is 11.8 Å². The summed E-state index contributed by atoms with van der Waals surface area (Å²) >= 11 is 0. The standard InChI is InChI=1S/C15H23N3O2/c1-11(16)4-3-5-14(19)18(2)10-12-6-8-13(9-7-12)15(17)20/h6-9,11H,3-5,10,16H2,1-2H3,(H2,17,20). The summed E-state index contributed by atoms with van der Waals surface area (Å²) in [6.45, 7) is 2.46. The van der Waals surface area contributed by atoms with E-state index in [1.54, 1.807) is 24.1 Å². The van der Waals surface area contributed by atoms with Gasteiger partial charge in [0.05, 0.1) is 0 Å². The van der Waals surface area contributed by atoms with Gasteiger partial charge in [-0.15, -0.1) is 0 Å². The van der Waals surface area contributed by atoms with Crippen molar-refractivity contribution in [1.29, 1.82) is 0 Å². The quantitative estimate of drug-likeness (QED) is 0.786. The zero-order valence-electron chi connectivity index (χ0n) is 12.1. The molecule has 1 aromatic carbocycles. The van der Waals surface area contributed by atoms with E-state index < -0.39 is 5.91 Å². The Balaban J connectivity index is 2.46. The lowest BCUT2D eigenvalue weighted by Gasteiger charge is -2.17. The number of primary amides is 1. The normalized spacial score (nSPS) is 11.9. The number of hydrogen-bond donors (Lipinski definition) is 2. The van der Waals surface area contributed by atoms with Crippen LogP contribution in [0.4, 0.5) is 0 Å². The summed E-state index contributed by atoms with van der Waals surface area (Å²) in [5.74, 6) is -0.346. The van der Waals surface area contributed by atoms with Crippen LogP contribution in [0.5, 0.6) is 0 Å². The van der Waals surface area contributed by atoms with Crippen molar-refractivity contribution < 1.29 is 9.59 Å². The van der Waals surface area contributed by atoms with Crippen molar-refractivity contribution in [3.05, 3.63) is 35.4 Å². The zero-order chi connectivity index (χ0) is 15.1. The Morgan fingerprint density at radius 1 is 1.25 bits per heavy atom. The Morgan fingerprint density at radius 2 is 1.85 bits per heavy atom. The van der Waals surface area contributed by atoms with Gasteiger partial charge in [-0.05, 0) is 37.5 Å². The summed E-state index contributed by atoms with van der Waals surface area (Å²) in [4.78, 5) is 24.6. The Morgan fingerprint density at radius 3 is 2.35 bits per heavy atom. The molecular weight excluding hydrogens is 254 g/mol. The lowest BCUT2D eigenvalue weighted by atomic mass is 10.1. The second-order valence-electron chi connectivity index (χ2n) is 5.18. The summed E-state index contributed by atoms with van der Waals surface area (Å²) in [6, 6.07) is 7.10. The van der Waals surface area contributed by atoms with Gasteiger partial charge in [0, 0.05) is 31.6 Å². The van der Waals surface area contributed by atoms with Crippen molar-refractivity contribution in [2.24, 2.45) is 11.5 Å². The summed E-state index contributed by atoms with van der Waals surface area (Å²) in [6.07, 6.45) is 2.17. The number of nitrogens with two attached hydrogens (primary N) is 2. The van der Waals surface area contributed by atoms with E-state index in [2.05, 4.69) is 0 Å². The molecule has 2 amide bonds. The van der Waals surface area contributed by atoms with Gasteiger partial charge in [0.1, 0.15) is 0 Å². The van der Waals surface area contributed by atoms with E-state index in [0.29, 0.717) is 18.5 Å². The molecule has 1 atom stereocenters. The van der Waals surface area contributed by atoms with Crippen molar-refractivity contribution in [3.8, 4) is 0 Å². The van der Waals surface area contributed by atoms with Crippen LogP contribution in [0.2, 0.25) is 0 Å². The van der Waals surface area contributed by atoms with Crippen LogP contribution in [0.25, 0.3) is 0 Å². The lowest BCUT2D eigenvalue weighted by Crippen LogP contribution is -2.26. The third-order valence-corrected chi connectivity index (χ3v) is 3.13. The van der Waals surface area contributed by atoms with E-state index in [1.165, 1.54) is 0 Å². The Kier molecular flexibility index (Phi) is 6.18. The minimum absolute atomic E-state index is 0.102. The topological polar surface area (TPSA) is 89.4 Å². The maximum absolute atomic E-state index is 11.9. The van der Waals surface area contributed by atoms with Gasteiger partial charge in [0.15, 0.2) is 0 Å². The first-order valence-electron chi connectivity index (χ1n) is 6.78. The molecule has 1 unspecified atom stereocenters. The van der Waals surface area contributed by atoms with Crippen LogP contribution in [0.15, 0.2) is 24.3 Å². The van der Waals surface area contributed by atoms with Crippen molar-refractivity contribution in [2.75, 3.05) is 7.05 Å². The molecule has 0 aliphatic rings. The van der Waals surface area contributed by atoms with Gasteiger partial charge in [0.2, 0.25) is 11.8 Å². The average Bonchev–Trinajstić information content (AvgIpc) is 2.38. The molecule has 4 N–H and O–H groups in total. The van der Waals surface area contributed by atoms with Crippen molar-refractivity contribution in [3.63, 3.8) is 0 Å². The van der Waals surface area contributed by atoms with E-state index in [-0.39, 0.29) is 11.9 Å². The molecule has 0 saturated carbocycles. The molecule has 5 heteroatoms. The molecule has 0 bridgehead atoms. The fourth-order valence-corrected chi connectivity index (χ4v) is 1.90. The predicted octanol–water partition coefficient (Wildman–Crippen LogP) is 1.26. The summed E-state index contributed by atoms with van der Waals surface area (Å²) in [5, 5.41) is 0. The number of carbonyl (C=O) groups excluding carboxylic acids is 2. The van der Waals surface area contributed by atoms with E-state index in [9.17, 15) is 9.59 Å². The second-order valence-corrected chi connectivity index (χ2v) is 5.18. The van der Waals surface area contributed by atoms with Crippen LogP contribution < -0.4 is 11.5 Å². The molecule has 0 spiro atoms. The number of rotatable bonds is 7. The highest BCUT2D eigenvalue weighted by Crippen LogP contribution is 2.08. The molecule has 1 aromatic rings. The second kappa shape index (κ2) is 7.65. The van der Waals surface area contributed by atoms with Crippen LogP contribution in [0.3, 0.4) is 0 Å². The van der Waals surface area contributed by atoms with Gasteiger partial charge in [-0.25, -0.2) is 0 Å². The minimum atomic E-state index is -0.447. The summed E-state index contributed by atoms with van der Waals surface area (Å²) in [5.41, 5.74) is 12.3. The molecule has 0 radical (unpaired) electrons. The van der Waals surface area contributed by atoms with E-state index in [1.807, 2.05) is 19.1 Å². The van der Waals surface area contributed by atoms with Crippen LogP contribution in [0.1, 0.15) is 42.1 Å². The van der Waals surface area contributed by atoms with E-state index in [0.717, 1.165) is 18.4 Å². The summed E-state index contributed by atoms with van der Waals surface area (Å²) in [7, 11) is 1.77. The van der Waals surface area contributed by atoms with Crippen LogP contribution in [-0.4, -0.2) is 29.8 Å².